The minimum Gasteiger partial charge on any atom is -0.481 e. The number of benzene rings is 1. The topological polar surface area (TPSA) is 101 Å². The molecule has 1 aliphatic heterocycles. The minimum absolute atomic E-state index is 0.0345. The summed E-state index contributed by atoms with van der Waals surface area (Å²) in [5.41, 5.74) is 1.36. The molecule has 0 saturated carbocycles. The van der Waals surface area contributed by atoms with E-state index in [2.05, 4.69) is 6.58 Å². The molecule has 0 spiro atoms. The summed E-state index contributed by atoms with van der Waals surface area (Å²) >= 11 is 0. The van der Waals surface area contributed by atoms with Crippen LogP contribution in [0.1, 0.15) is 62.7 Å². The van der Waals surface area contributed by atoms with Crippen LogP contribution in [0.15, 0.2) is 18.2 Å². The Morgan fingerprint density at radius 1 is 1.27 bits per heavy atom. The van der Waals surface area contributed by atoms with Crippen LogP contribution < -0.4 is 0 Å². The molecular weight excluding hydrogens is 343 g/mol. The average Bonchev–Trinajstić information content (AvgIpc) is 2.92. The molecule has 0 aliphatic carbocycles. The van der Waals surface area contributed by atoms with Gasteiger partial charge in [-0.3, -0.25) is 4.79 Å². The van der Waals surface area contributed by atoms with Gasteiger partial charge in [-0.15, -0.1) is 0 Å². The van der Waals surface area contributed by atoms with E-state index in [9.17, 15) is 23.9 Å². The van der Waals surface area contributed by atoms with E-state index in [1.54, 1.807) is 19.9 Å². The second-order valence-corrected chi connectivity index (χ2v) is 6.14. The predicted molar refractivity (Wildman–Crippen MR) is 91.7 cm³/mol. The van der Waals surface area contributed by atoms with Crippen molar-refractivity contribution < 1.29 is 33.7 Å². The molecule has 1 aromatic rings. The predicted octanol–water partition coefficient (Wildman–Crippen LogP) is 3.66. The number of esters is 1. The standard InChI is InChI=1S/C19H19FO6/c1-9(5-7-14(21)22)4-6-12-15(11(3)20)10(2)13-8-26-19(25)17(13)16(12)18(23)24/h4H,3,5-8H2,1-2H3,(H,21,22)(H,23,24). The average molecular weight is 362 g/mol. The third-order valence-corrected chi connectivity index (χ3v) is 4.41. The van der Waals surface area contributed by atoms with Gasteiger partial charge in [-0.25, -0.2) is 14.0 Å². The smallest absolute Gasteiger partial charge is 0.339 e. The molecular formula is C19H19FO6. The van der Waals surface area contributed by atoms with E-state index in [0.29, 0.717) is 11.1 Å². The van der Waals surface area contributed by atoms with Gasteiger partial charge in [-0.2, -0.15) is 0 Å². The van der Waals surface area contributed by atoms with Crippen LogP contribution in [-0.4, -0.2) is 28.1 Å². The Bertz CT molecular complexity index is 850. The van der Waals surface area contributed by atoms with Crippen LogP contribution in [0, 0.1) is 6.92 Å². The molecule has 1 heterocycles. The molecule has 0 amide bonds. The molecule has 0 unspecified atom stereocenters. The number of rotatable bonds is 7. The van der Waals surface area contributed by atoms with Crippen molar-refractivity contribution in [2.45, 2.75) is 39.7 Å². The summed E-state index contributed by atoms with van der Waals surface area (Å²) in [7, 11) is 0. The molecule has 0 saturated heterocycles. The Labute approximate surface area is 149 Å². The van der Waals surface area contributed by atoms with Crippen LogP contribution >= 0.6 is 0 Å². The zero-order valence-corrected chi connectivity index (χ0v) is 14.5. The maximum atomic E-state index is 14.1. The van der Waals surface area contributed by atoms with E-state index < -0.39 is 23.7 Å². The van der Waals surface area contributed by atoms with Gasteiger partial charge in [0.15, 0.2) is 0 Å². The van der Waals surface area contributed by atoms with Gasteiger partial charge in [0.05, 0.1) is 11.1 Å². The summed E-state index contributed by atoms with van der Waals surface area (Å²) in [6.45, 7) is 6.50. The number of carbonyl (C=O) groups is 3. The summed E-state index contributed by atoms with van der Waals surface area (Å²) in [6, 6.07) is 0. The van der Waals surface area contributed by atoms with Gasteiger partial charge in [-0.1, -0.05) is 18.2 Å². The summed E-state index contributed by atoms with van der Waals surface area (Å²) < 4.78 is 19.1. The fourth-order valence-corrected chi connectivity index (χ4v) is 3.10. The number of carboxylic acids is 2. The highest BCUT2D eigenvalue weighted by atomic mass is 19.1. The molecule has 1 aromatic carbocycles. The SMILES string of the molecule is C=C(F)c1c(C)c2c(c(C(=O)O)c1CC=C(C)CCC(=O)O)C(=O)OC2. The Balaban J connectivity index is 2.61. The van der Waals surface area contributed by atoms with Gasteiger partial charge in [0.1, 0.15) is 12.4 Å². The van der Waals surface area contributed by atoms with Crippen molar-refractivity contribution in [3.8, 4) is 0 Å². The van der Waals surface area contributed by atoms with Gasteiger partial charge in [0.2, 0.25) is 0 Å². The van der Waals surface area contributed by atoms with Crippen LogP contribution in [0.3, 0.4) is 0 Å². The largest absolute Gasteiger partial charge is 0.481 e. The second-order valence-electron chi connectivity index (χ2n) is 6.14. The first-order valence-corrected chi connectivity index (χ1v) is 7.96. The summed E-state index contributed by atoms with van der Waals surface area (Å²) in [5, 5.41) is 18.4. The van der Waals surface area contributed by atoms with E-state index >= 15 is 0 Å². The normalized spacial score (nSPS) is 13.3. The van der Waals surface area contributed by atoms with Crippen molar-refractivity contribution in [2.24, 2.45) is 0 Å². The van der Waals surface area contributed by atoms with Crippen molar-refractivity contribution in [2.75, 3.05) is 0 Å². The zero-order valence-electron chi connectivity index (χ0n) is 14.5. The van der Waals surface area contributed by atoms with E-state index in [1.165, 1.54) is 0 Å². The summed E-state index contributed by atoms with van der Waals surface area (Å²) in [6.07, 6.45) is 1.90. The van der Waals surface area contributed by atoms with Crippen LogP contribution in [-0.2, 0) is 22.6 Å². The van der Waals surface area contributed by atoms with Gasteiger partial charge in [-0.05, 0) is 37.8 Å². The van der Waals surface area contributed by atoms with Crippen molar-refractivity contribution >= 4 is 23.7 Å². The molecule has 7 heteroatoms. The monoisotopic (exact) mass is 362 g/mol. The molecule has 0 atom stereocenters. The minimum atomic E-state index is -1.35. The van der Waals surface area contributed by atoms with E-state index in [1.807, 2.05) is 0 Å². The Morgan fingerprint density at radius 2 is 1.92 bits per heavy atom. The molecule has 6 nitrogen and oxygen atoms in total. The summed E-state index contributed by atoms with van der Waals surface area (Å²) in [5.74, 6) is -3.84. The Hall–Kier alpha value is -2.96. The van der Waals surface area contributed by atoms with Crippen LogP contribution in [0.2, 0.25) is 0 Å². The molecule has 0 radical (unpaired) electrons. The molecule has 1 aliphatic rings. The van der Waals surface area contributed by atoms with Gasteiger partial charge < -0.3 is 14.9 Å². The molecule has 2 rings (SSSR count). The first kappa shape index (κ1) is 19.4. The lowest BCUT2D eigenvalue weighted by molar-refractivity contribution is -0.136. The number of aromatic carboxylic acids is 1. The van der Waals surface area contributed by atoms with Crippen molar-refractivity contribution in [1.82, 2.24) is 0 Å². The first-order valence-electron chi connectivity index (χ1n) is 7.96. The molecule has 138 valence electrons. The molecule has 0 aromatic heterocycles. The lowest BCUT2D eigenvalue weighted by atomic mass is 9.85. The van der Waals surface area contributed by atoms with Crippen LogP contribution in [0.5, 0.6) is 0 Å². The highest BCUT2D eigenvalue weighted by Crippen LogP contribution is 2.37. The maximum Gasteiger partial charge on any atom is 0.339 e. The highest BCUT2D eigenvalue weighted by molar-refractivity contribution is 6.07. The van der Waals surface area contributed by atoms with E-state index in [4.69, 9.17) is 9.84 Å². The quantitative estimate of drug-likeness (QED) is 0.567. The number of aliphatic carboxylic acids is 1. The third-order valence-electron chi connectivity index (χ3n) is 4.41. The number of cyclic esters (lactones) is 1. The molecule has 0 fully saturated rings. The fourth-order valence-electron chi connectivity index (χ4n) is 3.10. The fraction of sp³-hybridized carbons (Fsp3) is 0.316. The number of carbonyl (C=O) groups excluding carboxylic acids is 1. The Morgan fingerprint density at radius 3 is 2.46 bits per heavy atom. The number of ether oxygens (including phenoxy) is 1. The van der Waals surface area contributed by atoms with Gasteiger partial charge >= 0.3 is 17.9 Å². The van der Waals surface area contributed by atoms with Crippen molar-refractivity contribution in [1.29, 1.82) is 0 Å². The van der Waals surface area contributed by atoms with Crippen LogP contribution in [0.4, 0.5) is 4.39 Å². The second kappa shape index (κ2) is 7.51. The van der Waals surface area contributed by atoms with Crippen molar-refractivity contribution in [3.05, 3.63) is 51.6 Å². The first-order chi connectivity index (χ1) is 12.1. The van der Waals surface area contributed by atoms with Crippen LogP contribution in [0.25, 0.3) is 5.83 Å². The number of carboxylic acid groups (broad SMARTS) is 2. The van der Waals surface area contributed by atoms with E-state index in [-0.39, 0.29) is 48.1 Å². The van der Waals surface area contributed by atoms with Crippen molar-refractivity contribution in [3.63, 3.8) is 0 Å². The number of fused-ring (bicyclic) bond motifs is 1. The number of allylic oxidation sites excluding steroid dienone is 2. The number of hydrogen-bond donors (Lipinski definition) is 2. The summed E-state index contributed by atoms with van der Waals surface area (Å²) in [4.78, 5) is 34.5. The maximum absolute atomic E-state index is 14.1. The zero-order chi connectivity index (χ0) is 19.6. The highest BCUT2D eigenvalue weighted by Gasteiger charge is 2.34. The lowest BCUT2D eigenvalue weighted by Gasteiger charge is -2.17. The number of halogens is 1. The number of hydrogen-bond acceptors (Lipinski definition) is 4. The van der Waals surface area contributed by atoms with Gasteiger partial charge in [0, 0.05) is 17.5 Å². The van der Waals surface area contributed by atoms with E-state index in [0.717, 1.165) is 5.57 Å². The Kier molecular flexibility index (Phi) is 5.59. The third kappa shape index (κ3) is 3.66. The molecule has 0 bridgehead atoms. The van der Waals surface area contributed by atoms with Gasteiger partial charge in [0.25, 0.3) is 0 Å². The molecule has 26 heavy (non-hydrogen) atoms. The molecule has 2 N–H and O–H groups in total. The lowest BCUT2D eigenvalue weighted by Crippen LogP contribution is -2.14.